The molecule has 0 radical (unpaired) electrons. The number of amides is 2. The van der Waals surface area contributed by atoms with Gasteiger partial charge in [0.05, 0.1) is 5.02 Å². The molecule has 1 heterocycles. The fourth-order valence-electron chi connectivity index (χ4n) is 4.49. The maximum atomic E-state index is 13.4. The molecule has 2 bridgehead atoms. The second-order valence-electron chi connectivity index (χ2n) is 8.24. The third-order valence-electron chi connectivity index (χ3n) is 5.76. The zero-order valence-corrected chi connectivity index (χ0v) is 17.5. The molecule has 1 aromatic carbocycles. The first kappa shape index (κ1) is 20.7. The smallest absolute Gasteiger partial charge is 0.258 e. The number of benzene rings is 1. The van der Waals surface area contributed by atoms with Crippen LogP contribution in [0.5, 0.6) is 5.75 Å². The van der Waals surface area contributed by atoms with Gasteiger partial charge in [0.1, 0.15) is 16.8 Å². The van der Waals surface area contributed by atoms with Crippen molar-refractivity contribution in [3.05, 3.63) is 29.0 Å². The van der Waals surface area contributed by atoms with Gasteiger partial charge in [0.25, 0.3) is 5.91 Å². The van der Waals surface area contributed by atoms with Gasteiger partial charge in [0.15, 0.2) is 6.61 Å². The number of hydroxylamine groups is 1. The molecule has 1 aromatic rings. The van der Waals surface area contributed by atoms with Gasteiger partial charge in [-0.25, -0.2) is 8.67 Å². The van der Waals surface area contributed by atoms with Crippen LogP contribution in [-0.2, 0) is 13.9 Å². The molecule has 158 valence electrons. The predicted molar refractivity (Wildman–Crippen MR) is 107 cm³/mol. The third-order valence-corrected chi connectivity index (χ3v) is 6.90. The fourth-order valence-corrected chi connectivity index (χ4v) is 5.46. The minimum atomic E-state index is -0.592. The summed E-state index contributed by atoms with van der Waals surface area (Å²) in [6.07, 6.45) is 3.75. The van der Waals surface area contributed by atoms with Crippen molar-refractivity contribution in [3.63, 3.8) is 0 Å². The second kappa shape index (κ2) is 7.94. The summed E-state index contributed by atoms with van der Waals surface area (Å²) in [5, 5.41) is 5.97. The van der Waals surface area contributed by atoms with Gasteiger partial charge in [0.2, 0.25) is 5.91 Å². The molecule has 3 aliphatic carbocycles. The Balaban J connectivity index is 1.25. The van der Waals surface area contributed by atoms with Crippen LogP contribution in [0.2, 0.25) is 5.02 Å². The molecule has 4 fully saturated rings. The van der Waals surface area contributed by atoms with E-state index in [-0.39, 0.29) is 51.6 Å². The van der Waals surface area contributed by atoms with Gasteiger partial charge in [-0.05, 0) is 51.2 Å². The molecule has 5 rings (SSSR count). The van der Waals surface area contributed by atoms with Gasteiger partial charge in [0, 0.05) is 35.2 Å². The van der Waals surface area contributed by atoms with Crippen LogP contribution >= 0.6 is 23.6 Å². The van der Waals surface area contributed by atoms with Crippen molar-refractivity contribution in [1.29, 1.82) is 0 Å². The largest absolute Gasteiger partial charge is 0.484 e. The number of carbonyl (C=O) groups excluding carboxylic acids is 2. The summed E-state index contributed by atoms with van der Waals surface area (Å²) < 4.78 is 24.0. The van der Waals surface area contributed by atoms with Crippen molar-refractivity contribution < 1.29 is 23.0 Å². The van der Waals surface area contributed by atoms with Crippen LogP contribution in [0.15, 0.2) is 18.2 Å². The Hall–Kier alpha value is -1.55. The third kappa shape index (κ3) is 4.47. The van der Waals surface area contributed by atoms with E-state index >= 15 is 0 Å². The monoisotopic (exact) mass is 443 g/mol. The van der Waals surface area contributed by atoms with Crippen LogP contribution in [0.4, 0.5) is 4.39 Å². The first-order valence-electron chi connectivity index (χ1n) is 9.57. The molecule has 2 atom stereocenters. The molecule has 3 saturated carbocycles. The Morgan fingerprint density at radius 2 is 2.07 bits per heavy atom. The number of ether oxygens (including phenoxy) is 1. The average molecular weight is 444 g/mol. The SMILES string of the molecule is CC1CC(C(=O)NC23CCC(NC(=O)COc4ccc(Cl)c(F)c4)(C2)C3)SON1. The molecule has 29 heavy (non-hydrogen) atoms. The number of rotatable bonds is 6. The number of halogens is 2. The van der Waals surface area contributed by atoms with Gasteiger partial charge < -0.3 is 15.4 Å². The topological polar surface area (TPSA) is 88.7 Å². The van der Waals surface area contributed by atoms with E-state index in [0.717, 1.165) is 31.0 Å². The molecule has 1 aliphatic heterocycles. The Morgan fingerprint density at radius 3 is 2.76 bits per heavy atom. The van der Waals surface area contributed by atoms with E-state index in [1.807, 2.05) is 6.92 Å². The molecule has 10 heteroatoms. The fraction of sp³-hybridized carbons (Fsp3) is 0.579. The molecule has 4 aliphatic rings. The molecular formula is C19H23ClFN3O4S. The summed E-state index contributed by atoms with van der Waals surface area (Å²) in [5.74, 6) is -0.626. The van der Waals surface area contributed by atoms with E-state index in [2.05, 4.69) is 16.1 Å². The molecule has 1 saturated heterocycles. The highest BCUT2D eigenvalue weighted by Gasteiger charge is 2.62. The Morgan fingerprint density at radius 1 is 1.34 bits per heavy atom. The summed E-state index contributed by atoms with van der Waals surface area (Å²) in [6.45, 7) is 1.77. The molecule has 7 nitrogen and oxygen atoms in total. The quantitative estimate of drug-likeness (QED) is 0.585. The normalized spacial score (nSPS) is 32.9. The van der Waals surface area contributed by atoms with E-state index in [1.54, 1.807) is 0 Å². The second-order valence-corrected chi connectivity index (χ2v) is 9.57. The summed E-state index contributed by atoms with van der Waals surface area (Å²) >= 11 is 6.78. The highest BCUT2D eigenvalue weighted by molar-refractivity contribution is 7.96. The van der Waals surface area contributed by atoms with Crippen LogP contribution in [0.3, 0.4) is 0 Å². The van der Waals surface area contributed by atoms with Gasteiger partial charge >= 0.3 is 0 Å². The summed E-state index contributed by atoms with van der Waals surface area (Å²) in [5.41, 5.74) is 2.28. The minimum Gasteiger partial charge on any atom is -0.484 e. The summed E-state index contributed by atoms with van der Waals surface area (Å²) in [7, 11) is 0. The van der Waals surface area contributed by atoms with Crippen LogP contribution in [0.25, 0.3) is 0 Å². The molecule has 2 amide bonds. The Labute approximate surface area is 177 Å². The van der Waals surface area contributed by atoms with Crippen molar-refractivity contribution in [2.75, 3.05) is 6.61 Å². The number of nitrogens with one attached hydrogen (secondary N) is 3. The first-order valence-corrected chi connectivity index (χ1v) is 10.8. The van der Waals surface area contributed by atoms with Crippen molar-refractivity contribution >= 4 is 35.5 Å². The molecule has 2 unspecified atom stereocenters. The lowest BCUT2D eigenvalue weighted by Crippen LogP contribution is -2.65. The predicted octanol–water partition coefficient (Wildman–Crippen LogP) is 2.49. The number of carbonyl (C=O) groups is 2. The summed E-state index contributed by atoms with van der Waals surface area (Å²) in [4.78, 5) is 24.9. The van der Waals surface area contributed by atoms with Crippen molar-refractivity contribution in [2.45, 2.75) is 61.4 Å². The highest BCUT2D eigenvalue weighted by atomic mass is 35.5. The standard InChI is InChI=1S/C19H23ClFN3O4S/c1-11-6-15(29-28-24-11)17(26)23-19-5-4-18(9-19,10-19)22-16(25)8-27-12-2-3-13(20)14(21)7-12/h2-3,7,11,15,24H,4-6,8-10H2,1H3,(H,22,25)(H,23,26). The van der Waals surface area contributed by atoms with E-state index in [1.165, 1.54) is 12.1 Å². The summed E-state index contributed by atoms with van der Waals surface area (Å²) in [6, 6.07) is 4.17. The van der Waals surface area contributed by atoms with Crippen LogP contribution in [-0.4, -0.2) is 40.8 Å². The van der Waals surface area contributed by atoms with Gasteiger partial charge in [-0.1, -0.05) is 11.6 Å². The van der Waals surface area contributed by atoms with Crippen molar-refractivity contribution in [2.24, 2.45) is 0 Å². The van der Waals surface area contributed by atoms with Crippen molar-refractivity contribution in [3.8, 4) is 5.75 Å². The lowest BCUT2D eigenvalue weighted by molar-refractivity contribution is -0.127. The van der Waals surface area contributed by atoms with E-state index in [0.29, 0.717) is 19.3 Å². The van der Waals surface area contributed by atoms with E-state index in [4.69, 9.17) is 20.6 Å². The lowest BCUT2D eigenvalue weighted by Gasteiger charge is -2.48. The lowest BCUT2D eigenvalue weighted by atomic mass is 9.71. The first-order chi connectivity index (χ1) is 13.8. The van der Waals surface area contributed by atoms with Gasteiger partial charge in [-0.15, -0.1) is 0 Å². The average Bonchev–Trinajstić information content (AvgIpc) is 3.17. The van der Waals surface area contributed by atoms with Gasteiger partial charge in [-0.3, -0.25) is 9.59 Å². The molecular weight excluding hydrogens is 421 g/mol. The zero-order valence-electron chi connectivity index (χ0n) is 15.9. The van der Waals surface area contributed by atoms with E-state index < -0.39 is 5.82 Å². The van der Waals surface area contributed by atoms with Gasteiger partial charge in [-0.2, -0.15) is 5.48 Å². The van der Waals surface area contributed by atoms with E-state index in [9.17, 15) is 14.0 Å². The highest BCUT2D eigenvalue weighted by Crippen LogP contribution is 2.55. The molecule has 0 spiro atoms. The maximum absolute atomic E-state index is 13.4. The number of fused-ring (bicyclic) bond motifs is 1. The minimum absolute atomic E-state index is 0.00316. The zero-order chi connectivity index (χ0) is 20.6. The van der Waals surface area contributed by atoms with Crippen LogP contribution < -0.4 is 20.9 Å². The van der Waals surface area contributed by atoms with Crippen molar-refractivity contribution in [1.82, 2.24) is 16.1 Å². The molecule has 3 N–H and O–H groups in total. The Kier molecular flexibility index (Phi) is 5.67. The molecule has 0 aromatic heterocycles. The maximum Gasteiger partial charge on any atom is 0.258 e. The Bertz CT molecular complexity index is 821. The van der Waals surface area contributed by atoms with Crippen LogP contribution in [0, 0.1) is 5.82 Å². The van der Waals surface area contributed by atoms with Crippen LogP contribution in [0.1, 0.15) is 39.0 Å². The number of hydrogen-bond donors (Lipinski definition) is 3. The number of hydrogen-bond acceptors (Lipinski definition) is 6.